The first-order chi connectivity index (χ1) is 16.4. The SMILES string of the molecule is CCN(C)c1ccc(-c2cc(NCC(C)[C@@H](C)c3ccc(C(=O)NC)cc3OC)ncn2)cn1. The van der Waals surface area contributed by atoms with Gasteiger partial charge in [0.25, 0.3) is 5.91 Å². The molecule has 0 radical (unpaired) electrons. The Labute approximate surface area is 201 Å². The lowest BCUT2D eigenvalue weighted by Crippen LogP contribution is -2.20. The molecule has 0 aliphatic carbocycles. The van der Waals surface area contributed by atoms with E-state index in [0.717, 1.165) is 47.3 Å². The zero-order valence-corrected chi connectivity index (χ0v) is 20.8. The van der Waals surface area contributed by atoms with Crippen LogP contribution < -0.4 is 20.3 Å². The highest BCUT2D eigenvalue weighted by atomic mass is 16.5. The Morgan fingerprint density at radius 1 is 1.12 bits per heavy atom. The summed E-state index contributed by atoms with van der Waals surface area (Å²) in [5.74, 6) is 2.77. The number of nitrogens with zero attached hydrogens (tertiary/aromatic N) is 4. The summed E-state index contributed by atoms with van der Waals surface area (Å²) in [5.41, 5.74) is 3.42. The summed E-state index contributed by atoms with van der Waals surface area (Å²) in [5, 5.41) is 6.08. The van der Waals surface area contributed by atoms with Gasteiger partial charge >= 0.3 is 0 Å². The molecule has 8 nitrogen and oxygen atoms in total. The third-order valence-electron chi connectivity index (χ3n) is 6.25. The molecule has 2 N–H and O–H groups in total. The van der Waals surface area contributed by atoms with Crippen molar-refractivity contribution in [3.63, 3.8) is 0 Å². The van der Waals surface area contributed by atoms with Crippen molar-refractivity contribution >= 4 is 17.5 Å². The number of carbonyl (C=O) groups is 1. The number of carbonyl (C=O) groups excluding carboxylic acids is 1. The van der Waals surface area contributed by atoms with Crippen LogP contribution in [0.1, 0.15) is 42.6 Å². The highest BCUT2D eigenvalue weighted by Crippen LogP contribution is 2.33. The van der Waals surface area contributed by atoms with Crippen molar-refractivity contribution in [1.29, 1.82) is 0 Å². The van der Waals surface area contributed by atoms with Crippen molar-refractivity contribution < 1.29 is 9.53 Å². The highest BCUT2D eigenvalue weighted by Gasteiger charge is 2.20. The van der Waals surface area contributed by atoms with Crippen LogP contribution in [0, 0.1) is 5.92 Å². The largest absolute Gasteiger partial charge is 0.496 e. The van der Waals surface area contributed by atoms with E-state index in [1.54, 1.807) is 26.6 Å². The molecule has 0 bridgehead atoms. The van der Waals surface area contributed by atoms with Crippen LogP contribution >= 0.6 is 0 Å². The van der Waals surface area contributed by atoms with Crippen LogP contribution in [-0.4, -0.2) is 55.2 Å². The smallest absolute Gasteiger partial charge is 0.251 e. The molecular weight excluding hydrogens is 428 g/mol. The second kappa shape index (κ2) is 11.4. The molecule has 0 spiro atoms. The Bertz CT molecular complexity index is 1100. The molecule has 34 heavy (non-hydrogen) atoms. The molecule has 2 atom stereocenters. The Balaban J connectivity index is 1.68. The molecule has 0 aliphatic heterocycles. The van der Waals surface area contributed by atoms with Gasteiger partial charge in [0.2, 0.25) is 0 Å². The molecule has 0 saturated heterocycles. The quantitative estimate of drug-likeness (QED) is 0.466. The number of amides is 1. The summed E-state index contributed by atoms with van der Waals surface area (Å²) in [6.07, 6.45) is 3.41. The van der Waals surface area contributed by atoms with Crippen molar-refractivity contribution in [2.75, 3.05) is 44.5 Å². The zero-order valence-electron chi connectivity index (χ0n) is 20.8. The lowest BCUT2D eigenvalue weighted by atomic mass is 9.87. The van der Waals surface area contributed by atoms with Crippen LogP contribution in [0.15, 0.2) is 48.9 Å². The zero-order chi connectivity index (χ0) is 24.7. The van der Waals surface area contributed by atoms with Crippen molar-refractivity contribution in [3.8, 4) is 17.0 Å². The maximum atomic E-state index is 12.0. The lowest BCUT2D eigenvalue weighted by molar-refractivity contribution is 0.0962. The Morgan fingerprint density at radius 3 is 2.56 bits per heavy atom. The number of aromatic nitrogens is 3. The van der Waals surface area contributed by atoms with Gasteiger partial charge in [-0.25, -0.2) is 15.0 Å². The lowest BCUT2D eigenvalue weighted by Gasteiger charge is -2.23. The number of methoxy groups -OCH3 is 1. The van der Waals surface area contributed by atoms with Crippen LogP contribution in [0.3, 0.4) is 0 Å². The topological polar surface area (TPSA) is 92.3 Å². The first kappa shape index (κ1) is 25.0. The monoisotopic (exact) mass is 462 g/mol. The molecule has 180 valence electrons. The van der Waals surface area contributed by atoms with Crippen LogP contribution in [0.2, 0.25) is 0 Å². The normalized spacial score (nSPS) is 12.5. The fraction of sp³-hybridized carbons (Fsp3) is 0.385. The predicted octanol–water partition coefficient (Wildman–Crippen LogP) is 4.21. The number of benzene rings is 1. The average Bonchev–Trinajstić information content (AvgIpc) is 2.90. The number of pyridine rings is 1. The fourth-order valence-electron chi connectivity index (χ4n) is 3.66. The van der Waals surface area contributed by atoms with E-state index in [4.69, 9.17) is 4.74 Å². The average molecular weight is 463 g/mol. The Morgan fingerprint density at radius 2 is 1.91 bits per heavy atom. The van der Waals surface area contributed by atoms with Gasteiger partial charge in [-0.3, -0.25) is 4.79 Å². The van der Waals surface area contributed by atoms with Gasteiger partial charge in [-0.2, -0.15) is 0 Å². The molecule has 1 aromatic carbocycles. The number of nitrogens with one attached hydrogen (secondary N) is 2. The van der Waals surface area contributed by atoms with Gasteiger partial charge in [-0.15, -0.1) is 0 Å². The fourth-order valence-corrected chi connectivity index (χ4v) is 3.66. The van der Waals surface area contributed by atoms with Gasteiger partial charge in [0, 0.05) is 50.6 Å². The van der Waals surface area contributed by atoms with E-state index >= 15 is 0 Å². The number of hydrogen-bond donors (Lipinski definition) is 2. The molecule has 2 heterocycles. The van der Waals surface area contributed by atoms with Gasteiger partial charge in [-0.05, 0) is 48.6 Å². The third-order valence-corrected chi connectivity index (χ3v) is 6.25. The van der Waals surface area contributed by atoms with Crippen LogP contribution in [0.4, 0.5) is 11.6 Å². The van der Waals surface area contributed by atoms with E-state index in [1.807, 2.05) is 43.6 Å². The van der Waals surface area contributed by atoms with Gasteiger partial charge in [0.15, 0.2) is 0 Å². The number of rotatable bonds is 10. The Kier molecular flexibility index (Phi) is 8.40. The maximum Gasteiger partial charge on any atom is 0.251 e. The van der Waals surface area contributed by atoms with E-state index in [0.29, 0.717) is 5.56 Å². The molecule has 0 saturated carbocycles. The minimum atomic E-state index is -0.131. The number of hydrogen-bond acceptors (Lipinski definition) is 7. The summed E-state index contributed by atoms with van der Waals surface area (Å²) in [6.45, 7) is 8.05. The maximum absolute atomic E-state index is 12.0. The molecular formula is C26H34N6O2. The number of ether oxygens (including phenoxy) is 1. The van der Waals surface area contributed by atoms with Gasteiger partial charge in [-0.1, -0.05) is 19.9 Å². The van der Waals surface area contributed by atoms with Crippen molar-refractivity contribution in [3.05, 3.63) is 60.0 Å². The molecule has 2 aromatic heterocycles. The van der Waals surface area contributed by atoms with Crippen LogP contribution in [0.5, 0.6) is 5.75 Å². The van der Waals surface area contributed by atoms with Gasteiger partial charge in [0.1, 0.15) is 23.7 Å². The first-order valence-electron chi connectivity index (χ1n) is 11.5. The van der Waals surface area contributed by atoms with E-state index < -0.39 is 0 Å². The summed E-state index contributed by atoms with van der Waals surface area (Å²) >= 11 is 0. The molecule has 0 aliphatic rings. The Hall–Kier alpha value is -3.68. The minimum Gasteiger partial charge on any atom is -0.496 e. The van der Waals surface area contributed by atoms with E-state index in [-0.39, 0.29) is 17.7 Å². The molecule has 3 rings (SSSR count). The summed E-state index contributed by atoms with van der Waals surface area (Å²) < 4.78 is 5.58. The summed E-state index contributed by atoms with van der Waals surface area (Å²) in [4.78, 5) is 27.4. The van der Waals surface area contributed by atoms with Crippen molar-refractivity contribution in [2.45, 2.75) is 26.7 Å². The molecule has 8 heteroatoms. The van der Waals surface area contributed by atoms with Crippen LogP contribution in [-0.2, 0) is 0 Å². The molecule has 3 aromatic rings. The standard InChI is InChI=1S/C26H34N6O2/c1-7-32(5)25-11-9-20(15-29-25)22-13-24(31-16-30-22)28-14-17(2)18(3)21-10-8-19(26(33)27-4)12-23(21)34-6/h8-13,15-18H,7,14H2,1-6H3,(H,27,33)(H,28,30,31)/t17?,18-/m1/s1. The summed E-state index contributed by atoms with van der Waals surface area (Å²) in [7, 11) is 5.27. The third kappa shape index (κ3) is 5.81. The number of anilines is 2. The van der Waals surface area contributed by atoms with Gasteiger partial charge in [0.05, 0.1) is 12.8 Å². The highest BCUT2D eigenvalue weighted by molar-refractivity contribution is 5.94. The van der Waals surface area contributed by atoms with E-state index in [9.17, 15) is 4.79 Å². The van der Waals surface area contributed by atoms with Crippen LogP contribution in [0.25, 0.3) is 11.3 Å². The van der Waals surface area contributed by atoms with Crippen molar-refractivity contribution in [2.24, 2.45) is 5.92 Å². The van der Waals surface area contributed by atoms with E-state index in [2.05, 4.69) is 51.3 Å². The summed E-state index contributed by atoms with van der Waals surface area (Å²) in [6, 6.07) is 11.6. The van der Waals surface area contributed by atoms with Gasteiger partial charge < -0.3 is 20.3 Å². The minimum absolute atomic E-state index is 0.131. The predicted molar refractivity (Wildman–Crippen MR) is 137 cm³/mol. The molecule has 0 fully saturated rings. The first-order valence-corrected chi connectivity index (χ1v) is 11.5. The second-order valence-corrected chi connectivity index (χ2v) is 8.39. The second-order valence-electron chi connectivity index (χ2n) is 8.39. The molecule has 1 unspecified atom stereocenters. The molecule has 1 amide bonds. The van der Waals surface area contributed by atoms with E-state index in [1.165, 1.54) is 0 Å². The van der Waals surface area contributed by atoms with Crippen molar-refractivity contribution in [1.82, 2.24) is 20.3 Å².